The summed E-state index contributed by atoms with van der Waals surface area (Å²) in [6.07, 6.45) is 1.72. The van der Waals surface area contributed by atoms with Gasteiger partial charge in [-0.1, -0.05) is 6.08 Å². The molecule has 2 aromatic heterocycles. The van der Waals surface area contributed by atoms with Gasteiger partial charge in [0.1, 0.15) is 9.71 Å². The van der Waals surface area contributed by atoms with E-state index < -0.39 is 0 Å². The number of fused-ring (bicyclic) bond motifs is 1. The maximum atomic E-state index is 12.5. The number of hydrogen-bond acceptors (Lipinski definition) is 4. The van der Waals surface area contributed by atoms with Crippen molar-refractivity contribution in [2.75, 3.05) is 18.8 Å². The van der Waals surface area contributed by atoms with Crippen molar-refractivity contribution in [1.29, 1.82) is 0 Å². The zero-order valence-electron chi connectivity index (χ0n) is 12.1. The van der Waals surface area contributed by atoms with Gasteiger partial charge in [-0.25, -0.2) is 4.98 Å². The van der Waals surface area contributed by atoms with Crippen molar-refractivity contribution in [2.45, 2.75) is 20.8 Å². The highest BCUT2D eigenvalue weighted by Gasteiger charge is 2.22. The minimum Gasteiger partial charge on any atom is -0.397 e. The first-order chi connectivity index (χ1) is 9.49. The smallest absolute Gasteiger partial charge is 0.266 e. The maximum absolute atomic E-state index is 12.5. The van der Waals surface area contributed by atoms with Crippen molar-refractivity contribution < 1.29 is 4.79 Å². The molecule has 0 saturated heterocycles. The van der Waals surface area contributed by atoms with Crippen LogP contribution in [0.25, 0.3) is 10.2 Å². The number of nitrogen functional groups attached to an aromatic ring is 1. The summed E-state index contributed by atoms with van der Waals surface area (Å²) in [5.74, 6) is -0.0510. The Morgan fingerprint density at radius 3 is 2.85 bits per heavy atom. The number of nitrogens with two attached hydrogens (primary N) is 1. The van der Waals surface area contributed by atoms with Gasteiger partial charge in [0.05, 0.1) is 5.69 Å². The van der Waals surface area contributed by atoms with Crippen LogP contribution in [0.15, 0.2) is 18.7 Å². The molecule has 4 nitrogen and oxygen atoms in total. The van der Waals surface area contributed by atoms with E-state index in [0.29, 0.717) is 23.7 Å². The fourth-order valence-electron chi connectivity index (χ4n) is 2.28. The number of rotatable bonds is 4. The number of nitrogens with zero attached hydrogens (tertiary/aromatic N) is 2. The molecule has 2 heterocycles. The zero-order valence-corrected chi connectivity index (χ0v) is 12.9. The van der Waals surface area contributed by atoms with E-state index in [9.17, 15) is 4.79 Å². The molecule has 0 aromatic carbocycles. The van der Waals surface area contributed by atoms with Crippen LogP contribution in [0.2, 0.25) is 0 Å². The Bertz CT molecular complexity index is 675. The average molecular weight is 289 g/mol. The third-order valence-corrected chi connectivity index (χ3v) is 4.32. The lowest BCUT2D eigenvalue weighted by Crippen LogP contribution is -2.30. The molecule has 0 aliphatic carbocycles. The Hall–Kier alpha value is -1.88. The standard InChI is InChI=1S/C15H19N3OS/c1-5-7-18(6-2)15(19)13-12(16)11-9(3)8-10(4)17-14(11)20-13/h5,8H,1,6-7,16H2,2-4H3. The third kappa shape index (κ3) is 2.41. The average Bonchev–Trinajstić information content (AvgIpc) is 2.72. The van der Waals surface area contributed by atoms with Crippen LogP contribution in [-0.4, -0.2) is 28.9 Å². The van der Waals surface area contributed by atoms with Crippen LogP contribution < -0.4 is 5.73 Å². The Kier molecular flexibility index (Phi) is 4.09. The van der Waals surface area contributed by atoms with Crippen molar-refractivity contribution >= 4 is 33.1 Å². The third-order valence-electron chi connectivity index (χ3n) is 3.24. The largest absolute Gasteiger partial charge is 0.397 e. The molecule has 0 radical (unpaired) electrons. The molecule has 5 heteroatoms. The van der Waals surface area contributed by atoms with E-state index in [0.717, 1.165) is 21.5 Å². The predicted octanol–water partition coefficient (Wildman–Crippen LogP) is 3.14. The van der Waals surface area contributed by atoms with Crippen LogP contribution >= 0.6 is 11.3 Å². The first kappa shape index (κ1) is 14.5. The van der Waals surface area contributed by atoms with Crippen molar-refractivity contribution in [2.24, 2.45) is 0 Å². The number of thiophene rings is 1. The van der Waals surface area contributed by atoms with Gasteiger partial charge in [0.15, 0.2) is 0 Å². The molecule has 0 bridgehead atoms. The monoisotopic (exact) mass is 289 g/mol. The summed E-state index contributed by atoms with van der Waals surface area (Å²) < 4.78 is 0. The summed E-state index contributed by atoms with van der Waals surface area (Å²) in [5.41, 5.74) is 8.72. The van der Waals surface area contributed by atoms with Crippen molar-refractivity contribution in [3.8, 4) is 0 Å². The van der Waals surface area contributed by atoms with Crippen LogP contribution in [0, 0.1) is 13.8 Å². The molecule has 0 unspecified atom stereocenters. The number of carbonyl (C=O) groups is 1. The number of likely N-dealkylation sites (N-methyl/N-ethyl adjacent to an activating group) is 1. The normalized spacial score (nSPS) is 10.8. The quantitative estimate of drug-likeness (QED) is 0.880. The summed E-state index contributed by atoms with van der Waals surface area (Å²) in [7, 11) is 0. The summed E-state index contributed by atoms with van der Waals surface area (Å²) >= 11 is 1.37. The van der Waals surface area contributed by atoms with Crippen LogP contribution in [0.4, 0.5) is 5.69 Å². The lowest BCUT2D eigenvalue weighted by molar-refractivity contribution is 0.0788. The van der Waals surface area contributed by atoms with E-state index >= 15 is 0 Å². The lowest BCUT2D eigenvalue weighted by Gasteiger charge is -2.18. The zero-order chi connectivity index (χ0) is 14.9. The van der Waals surface area contributed by atoms with Gasteiger partial charge in [0, 0.05) is 24.2 Å². The minimum absolute atomic E-state index is 0.0510. The second-order valence-electron chi connectivity index (χ2n) is 4.74. The number of anilines is 1. The summed E-state index contributed by atoms with van der Waals surface area (Å²) in [6.45, 7) is 10.7. The molecular weight excluding hydrogens is 270 g/mol. The summed E-state index contributed by atoms with van der Waals surface area (Å²) in [5, 5.41) is 0.901. The highest BCUT2D eigenvalue weighted by molar-refractivity contribution is 7.21. The second-order valence-corrected chi connectivity index (χ2v) is 5.74. The van der Waals surface area contributed by atoms with Gasteiger partial charge in [0.25, 0.3) is 5.91 Å². The van der Waals surface area contributed by atoms with Gasteiger partial charge in [0.2, 0.25) is 0 Å². The van der Waals surface area contributed by atoms with E-state index in [1.807, 2.05) is 26.8 Å². The number of aromatic nitrogens is 1. The highest BCUT2D eigenvalue weighted by Crippen LogP contribution is 2.35. The van der Waals surface area contributed by atoms with Crippen LogP contribution in [0.5, 0.6) is 0 Å². The fourth-order valence-corrected chi connectivity index (χ4v) is 3.47. The first-order valence-corrected chi connectivity index (χ1v) is 7.37. The summed E-state index contributed by atoms with van der Waals surface area (Å²) in [6, 6.07) is 1.99. The van der Waals surface area contributed by atoms with E-state index in [4.69, 9.17) is 5.73 Å². The van der Waals surface area contributed by atoms with Gasteiger partial charge >= 0.3 is 0 Å². The van der Waals surface area contributed by atoms with E-state index in [-0.39, 0.29) is 5.91 Å². The molecule has 0 fully saturated rings. The molecule has 0 aliphatic heterocycles. The topological polar surface area (TPSA) is 59.2 Å². The van der Waals surface area contributed by atoms with Crippen molar-refractivity contribution in [3.05, 3.63) is 34.9 Å². The number of hydrogen-bond donors (Lipinski definition) is 1. The number of pyridine rings is 1. The molecule has 0 spiro atoms. The number of amides is 1. The second kappa shape index (κ2) is 5.63. The van der Waals surface area contributed by atoms with E-state index in [2.05, 4.69) is 11.6 Å². The molecule has 0 aliphatic rings. The van der Waals surface area contributed by atoms with Crippen molar-refractivity contribution in [1.82, 2.24) is 9.88 Å². The molecule has 2 rings (SSSR count). The molecular formula is C15H19N3OS. The van der Waals surface area contributed by atoms with Gasteiger partial charge in [-0.05, 0) is 32.4 Å². The SMILES string of the molecule is C=CCN(CC)C(=O)c1sc2nc(C)cc(C)c2c1N. The van der Waals surface area contributed by atoms with Crippen LogP contribution in [0.3, 0.4) is 0 Å². The fraction of sp³-hybridized carbons (Fsp3) is 0.333. The summed E-state index contributed by atoms with van der Waals surface area (Å²) in [4.78, 5) is 20.1. The van der Waals surface area contributed by atoms with Gasteiger partial charge in [-0.2, -0.15) is 0 Å². The van der Waals surface area contributed by atoms with Crippen LogP contribution in [0.1, 0.15) is 27.9 Å². The van der Waals surface area contributed by atoms with Gasteiger partial charge in [-0.3, -0.25) is 4.79 Å². The number of aryl methyl sites for hydroxylation is 2. The molecule has 0 atom stereocenters. The molecule has 0 saturated carbocycles. The molecule has 106 valence electrons. The minimum atomic E-state index is -0.0510. The number of carbonyl (C=O) groups excluding carboxylic acids is 1. The Morgan fingerprint density at radius 1 is 1.55 bits per heavy atom. The van der Waals surface area contributed by atoms with Gasteiger partial charge < -0.3 is 10.6 Å². The lowest BCUT2D eigenvalue weighted by atomic mass is 10.1. The van der Waals surface area contributed by atoms with E-state index in [1.165, 1.54) is 11.3 Å². The maximum Gasteiger partial charge on any atom is 0.266 e. The predicted molar refractivity (Wildman–Crippen MR) is 85.3 cm³/mol. The van der Waals surface area contributed by atoms with Crippen LogP contribution in [-0.2, 0) is 0 Å². The van der Waals surface area contributed by atoms with Gasteiger partial charge in [-0.15, -0.1) is 17.9 Å². The van der Waals surface area contributed by atoms with E-state index in [1.54, 1.807) is 11.0 Å². The Balaban J connectivity index is 2.55. The molecule has 1 amide bonds. The molecule has 20 heavy (non-hydrogen) atoms. The Labute approximate surface area is 122 Å². The van der Waals surface area contributed by atoms with Crippen molar-refractivity contribution in [3.63, 3.8) is 0 Å². The first-order valence-electron chi connectivity index (χ1n) is 6.56. The molecule has 2 aromatic rings. The molecule has 2 N–H and O–H groups in total. The highest BCUT2D eigenvalue weighted by atomic mass is 32.1. The Morgan fingerprint density at radius 2 is 2.25 bits per heavy atom.